The molecule has 0 N–H and O–H groups in total. The average Bonchev–Trinajstić information content (AvgIpc) is 2.06. The van der Waals surface area contributed by atoms with Crippen LogP contribution in [-0.4, -0.2) is 0 Å². The van der Waals surface area contributed by atoms with Crippen LogP contribution in [0.1, 0.15) is 19.4 Å². The molecule has 0 bridgehead atoms. The van der Waals surface area contributed by atoms with Crippen LogP contribution in [0.2, 0.25) is 10.0 Å². The number of benzene rings is 1. The van der Waals surface area contributed by atoms with Crippen LogP contribution in [0.3, 0.4) is 0 Å². The minimum absolute atomic E-state index is 0.523. The van der Waals surface area contributed by atoms with E-state index < -0.39 is 0 Å². The molecule has 0 radical (unpaired) electrons. The van der Waals surface area contributed by atoms with Crippen LogP contribution in [0, 0.1) is 5.92 Å². The van der Waals surface area contributed by atoms with Crippen molar-refractivity contribution in [3.63, 3.8) is 0 Å². The Balaban J connectivity index is 2.93. The van der Waals surface area contributed by atoms with E-state index in [-0.39, 0.29) is 0 Å². The quantitative estimate of drug-likeness (QED) is 0.672. The molecule has 0 aliphatic heterocycles. The molecule has 0 heterocycles. The number of allylic oxidation sites excluding steroid dienone is 1. The highest BCUT2D eigenvalue weighted by Gasteiger charge is 1.97. The normalized spacial score (nSPS) is 11.5. The van der Waals surface area contributed by atoms with Gasteiger partial charge < -0.3 is 0 Å². The van der Waals surface area contributed by atoms with Crippen molar-refractivity contribution in [3.05, 3.63) is 39.9 Å². The maximum atomic E-state index is 5.97. The molecule has 0 aliphatic rings. The van der Waals surface area contributed by atoms with Gasteiger partial charge in [-0.05, 0) is 29.7 Å². The lowest BCUT2D eigenvalue weighted by Gasteiger charge is -1.99. The first-order valence-corrected chi connectivity index (χ1v) is 4.98. The molecule has 0 aliphatic carbocycles. The van der Waals surface area contributed by atoms with Gasteiger partial charge in [-0.15, -0.1) is 0 Å². The van der Waals surface area contributed by atoms with E-state index in [0.717, 1.165) is 10.6 Å². The second-order valence-electron chi connectivity index (χ2n) is 3.27. The van der Waals surface area contributed by atoms with E-state index in [0.29, 0.717) is 10.9 Å². The van der Waals surface area contributed by atoms with Crippen molar-refractivity contribution >= 4 is 29.3 Å². The fourth-order valence-corrected chi connectivity index (χ4v) is 1.30. The summed E-state index contributed by atoms with van der Waals surface area (Å²) in [6, 6.07) is 5.46. The number of hydrogen-bond acceptors (Lipinski definition) is 0. The number of halogens is 2. The third kappa shape index (κ3) is 3.41. The van der Waals surface area contributed by atoms with E-state index in [1.165, 1.54) is 0 Å². The van der Waals surface area contributed by atoms with Crippen molar-refractivity contribution in [2.75, 3.05) is 0 Å². The summed E-state index contributed by atoms with van der Waals surface area (Å²) in [6.07, 6.45) is 4.09. The van der Waals surface area contributed by atoms with Gasteiger partial charge >= 0.3 is 0 Å². The summed E-state index contributed by atoms with van der Waals surface area (Å²) in [6.45, 7) is 4.24. The third-order valence-corrected chi connectivity index (χ3v) is 2.20. The highest BCUT2D eigenvalue weighted by atomic mass is 35.5. The first-order valence-electron chi connectivity index (χ1n) is 4.23. The monoisotopic (exact) mass is 214 g/mol. The minimum atomic E-state index is 0.523. The van der Waals surface area contributed by atoms with Crippen LogP contribution in [0.4, 0.5) is 0 Å². The Bertz CT molecular complexity index is 314. The summed E-state index contributed by atoms with van der Waals surface area (Å²) in [5.74, 6) is 0.523. The van der Waals surface area contributed by atoms with Gasteiger partial charge in [0.05, 0.1) is 0 Å². The fourth-order valence-electron chi connectivity index (χ4n) is 0.938. The standard InChI is InChI=1S/C11H12Cl2/c1-8(2)3-4-9-7-10(12)5-6-11(9)13/h3-8H,1-2H3/b4-3+. The maximum Gasteiger partial charge on any atom is 0.0479 e. The lowest BCUT2D eigenvalue weighted by Crippen LogP contribution is -1.79. The topological polar surface area (TPSA) is 0 Å². The van der Waals surface area contributed by atoms with Crippen LogP contribution >= 0.6 is 23.2 Å². The summed E-state index contributed by atoms with van der Waals surface area (Å²) in [7, 11) is 0. The molecule has 0 fully saturated rings. The zero-order chi connectivity index (χ0) is 9.84. The van der Waals surface area contributed by atoms with Gasteiger partial charge in [-0.3, -0.25) is 0 Å². The Morgan fingerprint density at radius 1 is 1.23 bits per heavy atom. The molecule has 0 spiro atoms. The molecule has 2 heteroatoms. The Hall–Kier alpha value is -0.460. The smallest absolute Gasteiger partial charge is 0.0479 e. The molecule has 1 aromatic rings. The zero-order valence-electron chi connectivity index (χ0n) is 7.72. The van der Waals surface area contributed by atoms with E-state index in [4.69, 9.17) is 23.2 Å². The Kier molecular flexibility index (Phi) is 3.83. The van der Waals surface area contributed by atoms with Gasteiger partial charge in [0.1, 0.15) is 0 Å². The van der Waals surface area contributed by atoms with E-state index >= 15 is 0 Å². The highest BCUT2D eigenvalue weighted by Crippen LogP contribution is 2.22. The predicted octanol–water partition coefficient (Wildman–Crippen LogP) is 4.66. The first-order chi connectivity index (χ1) is 6.09. The molecule has 70 valence electrons. The van der Waals surface area contributed by atoms with Gasteiger partial charge in [0.15, 0.2) is 0 Å². The van der Waals surface area contributed by atoms with Crippen molar-refractivity contribution in [2.45, 2.75) is 13.8 Å². The second kappa shape index (κ2) is 4.69. The zero-order valence-corrected chi connectivity index (χ0v) is 9.23. The molecular weight excluding hydrogens is 203 g/mol. The first kappa shape index (κ1) is 10.6. The molecule has 0 saturated carbocycles. The fraction of sp³-hybridized carbons (Fsp3) is 0.273. The van der Waals surface area contributed by atoms with Crippen molar-refractivity contribution in [1.82, 2.24) is 0 Å². The lowest BCUT2D eigenvalue weighted by molar-refractivity contribution is 0.836. The van der Waals surface area contributed by atoms with E-state index in [9.17, 15) is 0 Å². The minimum Gasteiger partial charge on any atom is -0.0843 e. The van der Waals surface area contributed by atoms with Crippen LogP contribution in [0.5, 0.6) is 0 Å². The highest BCUT2D eigenvalue weighted by molar-refractivity contribution is 6.34. The molecule has 0 saturated heterocycles. The average molecular weight is 215 g/mol. The van der Waals surface area contributed by atoms with Crippen LogP contribution in [-0.2, 0) is 0 Å². The third-order valence-electron chi connectivity index (χ3n) is 1.62. The van der Waals surface area contributed by atoms with E-state index in [1.54, 1.807) is 6.07 Å². The van der Waals surface area contributed by atoms with Crippen molar-refractivity contribution in [1.29, 1.82) is 0 Å². The second-order valence-corrected chi connectivity index (χ2v) is 4.11. The molecule has 13 heavy (non-hydrogen) atoms. The molecular formula is C11H12Cl2. The van der Waals surface area contributed by atoms with Crippen molar-refractivity contribution in [3.8, 4) is 0 Å². The van der Waals surface area contributed by atoms with Gasteiger partial charge in [0.2, 0.25) is 0 Å². The van der Waals surface area contributed by atoms with Gasteiger partial charge in [-0.2, -0.15) is 0 Å². The van der Waals surface area contributed by atoms with Gasteiger partial charge in [0, 0.05) is 10.0 Å². The summed E-state index contributed by atoms with van der Waals surface area (Å²) in [5.41, 5.74) is 0.975. The molecule has 0 nitrogen and oxygen atoms in total. The van der Waals surface area contributed by atoms with Gasteiger partial charge in [-0.1, -0.05) is 49.2 Å². The van der Waals surface area contributed by atoms with Crippen LogP contribution in [0.15, 0.2) is 24.3 Å². The summed E-state index contributed by atoms with van der Waals surface area (Å²) in [5, 5.41) is 1.45. The van der Waals surface area contributed by atoms with Crippen molar-refractivity contribution < 1.29 is 0 Å². The molecule has 1 aromatic carbocycles. The maximum absolute atomic E-state index is 5.97. The molecule has 0 aromatic heterocycles. The summed E-state index contributed by atoms with van der Waals surface area (Å²) < 4.78 is 0. The molecule has 0 amide bonds. The Morgan fingerprint density at radius 2 is 1.92 bits per heavy atom. The SMILES string of the molecule is CC(C)/C=C/c1cc(Cl)ccc1Cl. The molecule has 0 atom stereocenters. The van der Waals surface area contributed by atoms with Gasteiger partial charge in [-0.25, -0.2) is 0 Å². The lowest BCUT2D eigenvalue weighted by atomic mass is 10.1. The Labute approximate surface area is 89.2 Å². The molecule has 1 rings (SSSR count). The molecule has 0 unspecified atom stereocenters. The summed E-state index contributed by atoms with van der Waals surface area (Å²) in [4.78, 5) is 0. The van der Waals surface area contributed by atoms with E-state index in [2.05, 4.69) is 19.9 Å². The van der Waals surface area contributed by atoms with Crippen molar-refractivity contribution in [2.24, 2.45) is 5.92 Å². The number of hydrogen-bond donors (Lipinski definition) is 0. The Morgan fingerprint density at radius 3 is 2.54 bits per heavy atom. The van der Waals surface area contributed by atoms with Crippen LogP contribution < -0.4 is 0 Å². The summed E-state index contributed by atoms with van der Waals surface area (Å²) >= 11 is 11.8. The van der Waals surface area contributed by atoms with Gasteiger partial charge in [0.25, 0.3) is 0 Å². The van der Waals surface area contributed by atoms with Crippen LogP contribution in [0.25, 0.3) is 6.08 Å². The largest absolute Gasteiger partial charge is 0.0843 e. The van der Waals surface area contributed by atoms with E-state index in [1.807, 2.05) is 18.2 Å². The number of rotatable bonds is 2. The predicted molar refractivity (Wildman–Crippen MR) is 60.3 cm³/mol.